The first kappa shape index (κ1) is 9.68. The largest absolute Gasteiger partial charge is 0.396 e. The van der Waals surface area contributed by atoms with E-state index in [1.807, 2.05) is 6.20 Å². The number of aliphatic hydroxyl groups is 2. The standard InChI is InChI=1S/C10H16N2O2/c13-5-1-2-8-7-12-4-3-9(14)6-10(12)11-8/h7,9,13-14H,1-6H2. The Balaban J connectivity index is 2.07. The van der Waals surface area contributed by atoms with Crippen LogP contribution in [0.3, 0.4) is 0 Å². The van der Waals surface area contributed by atoms with Gasteiger partial charge in [0.15, 0.2) is 0 Å². The molecule has 1 aromatic rings. The summed E-state index contributed by atoms with van der Waals surface area (Å²) < 4.78 is 2.11. The maximum absolute atomic E-state index is 9.45. The van der Waals surface area contributed by atoms with E-state index in [9.17, 15) is 5.11 Å². The van der Waals surface area contributed by atoms with Crippen LogP contribution >= 0.6 is 0 Å². The first-order valence-corrected chi connectivity index (χ1v) is 5.13. The van der Waals surface area contributed by atoms with Gasteiger partial charge in [0.25, 0.3) is 0 Å². The van der Waals surface area contributed by atoms with Gasteiger partial charge in [-0.05, 0) is 19.3 Å². The molecule has 4 nitrogen and oxygen atoms in total. The quantitative estimate of drug-likeness (QED) is 0.721. The van der Waals surface area contributed by atoms with Gasteiger partial charge in [0, 0.05) is 25.8 Å². The molecule has 0 amide bonds. The molecule has 1 atom stereocenters. The minimum atomic E-state index is -0.226. The van der Waals surface area contributed by atoms with Crippen molar-refractivity contribution in [3.05, 3.63) is 17.7 Å². The minimum absolute atomic E-state index is 0.213. The Bertz CT molecular complexity index is 309. The predicted molar refractivity (Wildman–Crippen MR) is 52.0 cm³/mol. The fourth-order valence-corrected chi connectivity index (χ4v) is 1.85. The average molecular weight is 196 g/mol. The fourth-order valence-electron chi connectivity index (χ4n) is 1.85. The van der Waals surface area contributed by atoms with Gasteiger partial charge >= 0.3 is 0 Å². The SMILES string of the molecule is OCCCc1cn2c(n1)CC(O)CC2. The van der Waals surface area contributed by atoms with Crippen molar-refractivity contribution in [2.45, 2.75) is 38.3 Å². The van der Waals surface area contributed by atoms with Crippen molar-refractivity contribution in [2.75, 3.05) is 6.61 Å². The van der Waals surface area contributed by atoms with Gasteiger partial charge < -0.3 is 14.8 Å². The van der Waals surface area contributed by atoms with Crippen molar-refractivity contribution in [1.29, 1.82) is 0 Å². The first-order chi connectivity index (χ1) is 6.79. The van der Waals surface area contributed by atoms with Crippen LogP contribution < -0.4 is 0 Å². The lowest BCUT2D eigenvalue weighted by atomic mass is 10.1. The molecule has 1 aliphatic rings. The summed E-state index contributed by atoms with van der Waals surface area (Å²) in [5, 5.41) is 18.1. The summed E-state index contributed by atoms with van der Waals surface area (Å²) in [6.07, 6.45) is 4.89. The minimum Gasteiger partial charge on any atom is -0.396 e. The topological polar surface area (TPSA) is 58.3 Å². The molecule has 0 saturated heterocycles. The van der Waals surface area contributed by atoms with Gasteiger partial charge in [0.2, 0.25) is 0 Å². The van der Waals surface area contributed by atoms with Crippen LogP contribution in [0.1, 0.15) is 24.4 Å². The van der Waals surface area contributed by atoms with E-state index in [0.29, 0.717) is 6.42 Å². The van der Waals surface area contributed by atoms with Crippen LogP contribution in [0.15, 0.2) is 6.20 Å². The number of aryl methyl sites for hydroxylation is 2. The molecule has 0 saturated carbocycles. The third kappa shape index (κ3) is 1.96. The zero-order valence-electron chi connectivity index (χ0n) is 8.19. The van der Waals surface area contributed by atoms with E-state index in [4.69, 9.17) is 5.11 Å². The second-order valence-electron chi connectivity index (χ2n) is 3.82. The summed E-state index contributed by atoms with van der Waals surface area (Å²) in [5.74, 6) is 0.983. The van der Waals surface area contributed by atoms with Crippen LogP contribution in [-0.2, 0) is 19.4 Å². The molecule has 2 heterocycles. The second-order valence-corrected chi connectivity index (χ2v) is 3.82. The van der Waals surface area contributed by atoms with Gasteiger partial charge in [-0.3, -0.25) is 0 Å². The Morgan fingerprint density at radius 2 is 2.43 bits per heavy atom. The molecule has 0 aliphatic carbocycles. The van der Waals surface area contributed by atoms with E-state index in [1.54, 1.807) is 0 Å². The third-order valence-electron chi connectivity index (χ3n) is 2.62. The summed E-state index contributed by atoms with van der Waals surface area (Å²) in [4.78, 5) is 4.43. The highest BCUT2D eigenvalue weighted by atomic mass is 16.3. The van der Waals surface area contributed by atoms with Gasteiger partial charge in [-0.25, -0.2) is 4.98 Å². The molecule has 4 heteroatoms. The number of hydrogen-bond donors (Lipinski definition) is 2. The van der Waals surface area contributed by atoms with Crippen molar-refractivity contribution in [3.8, 4) is 0 Å². The van der Waals surface area contributed by atoms with E-state index >= 15 is 0 Å². The molecule has 2 rings (SSSR count). The highest BCUT2D eigenvalue weighted by Gasteiger charge is 2.18. The van der Waals surface area contributed by atoms with Crippen molar-refractivity contribution in [2.24, 2.45) is 0 Å². The van der Waals surface area contributed by atoms with Gasteiger partial charge in [0.05, 0.1) is 11.8 Å². The molecule has 2 N–H and O–H groups in total. The zero-order chi connectivity index (χ0) is 9.97. The monoisotopic (exact) mass is 196 g/mol. The maximum atomic E-state index is 9.45. The van der Waals surface area contributed by atoms with E-state index in [1.165, 1.54) is 0 Å². The Morgan fingerprint density at radius 3 is 3.21 bits per heavy atom. The lowest BCUT2D eigenvalue weighted by molar-refractivity contribution is 0.141. The van der Waals surface area contributed by atoms with Crippen molar-refractivity contribution < 1.29 is 10.2 Å². The van der Waals surface area contributed by atoms with Gasteiger partial charge in [-0.15, -0.1) is 0 Å². The molecule has 1 aromatic heterocycles. The lowest BCUT2D eigenvalue weighted by Crippen LogP contribution is -2.22. The number of hydrogen-bond acceptors (Lipinski definition) is 3. The van der Waals surface area contributed by atoms with E-state index in [0.717, 1.165) is 37.3 Å². The van der Waals surface area contributed by atoms with Crippen LogP contribution in [0.2, 0.25) is 0 Å². The fraction of sp³-hybridized carbons (Fsp3) is 0.700. The molecule has 0 spiro atoms. The van der Waals surface area contributed by atoms with Crippen molar-refractivity contribution >= 4 is 0 Å². The summed E-state index contributed by atoms with van der Waals surface area (Å²) in [6, 6.07) is 0. The Kier molecular flexibility index (Phi) is 2.84. The molecular weight excluding hydrogens is 180 g/mol. The highest BCUT2D eigenvalue weighted by molar-refractivity contribution is 5.07. The van der Waals surface area contributed by atoms with Crippen molar-refractivity contribution in [1.82, 2.24) is 9.55 Å². The number of imidazole rings is 1. The van der Waals surface area contributed by atoms with Crippen LogP contribution in [0.25, 0.3) is 0 Å². The smallest absolute Gasteiger partial charge is 0.111 e. The van der Waals surface area contributed by atoms with Crippen LogP contribution in [-0.4, -0.2) is 32.5 Å². The Labute approximate surface area is 83.2 Å². The summed E-state index contributed by atoms with van der Waals surface area (Å²) >= 11 is 0. The predicted octanol–water partition coefficient (Wildman–Crippen LogP) is 0.115. The van der Waals surface area contributed by atoms with Gasteiger partial charge in [-0.2, -0.15) is 0 Å². The van der Waals surface area contributed by atoms with Gasteiger partial charge in [0.1, 0.15) is 5.82 Å². The molecular formula is C10H16N2O2. The average Bonchev–Trinajstić information content (AvgIpc) is 2.56. The zero-order valence-corrected chi connectivity index (χ0v) is 8.19. The van der Waals surface area contributed by atoms with Gasteiger partial charge in [-0.1, -0.05) is 0 Å². The molecule has 14 heavy (non-hydrogen) atoms. The highest BCUT2D eigenvalue weighted by Crippen LogP contribution is 2.15. The maximum Gasteiger partial charge on any atom is 0.111 e. The normalized spacial score (nSPS) is 20.9. The van der Waals surface area contributed by atoms with E-state index in [-0.39, 0.29) is 12.7 Å². The third-order valence-corrected chi connectivity index (χ3v) is 2.62. The Hall–Kier alpha value is -0.870. The lowest BCUT2D eigenvalue weighted by Gasteiger charge is -2.18. The second kappa shape index (κ2) is 4.11. The number of nitrogens with zero attached hydrogens (tertiary/aromatic N) is 2. The number of rotatable bonds is 3. The number of aromatic nitrogens is 2. The molecule has 0 radical (unpaired) electrons. The summed E-state index contributed by atoms with van der Waals surface area (Å²) in [7, 11) is 0. The van der Waals surface area contributed by atoms with Crippen molar-refractivity contribution in [3.63, 3.8) is 0 Å². The molecule has 1 aliphatic heterocycles. The molecule has 0 fully saturated rings. The van der Waals surface area contributed by atoms with Crippen LogP contribution in [0, 0.1) is 0 Å². The Morgan fingerprint density at radius 1 is 1.57 bits per heavy atom. The molecule has 1 unspecified atom stereocenters. The van der Waals surface area contributed by atoms with Crippen LogP contribution in [0.4, 0.5) is 0 Å². The van der Waals surface area contributed by atoms with Crippen LogP contribution in [0.5, 0.6) is 0 Å². The van der Waals surface area contributed by atoms with E-state index in [2.05, 4.69) is 9.55 Å². The first-order valence-electron chi connectivity index (χ1n) is 5.13. The number of fused-ring (bicyclic) bond motifs is 1. The number of aliphatic hydroxyl groups excluding tert-OH is 2. The molecule has 78 valence electrons. The summed E-state index contributed by atoms with van der Waals surface area (Å²) in [6.45, 7) is 1.08. The molecule has 0 bridgehead atoms. The van der Waals surface area contributed by atoms with E-state index < -0.39 is 0 Å². The summed E-state index contributed by atoms with van der Waals surface area (Å²) in [5.41, 5.74) is 1.03. The molecule has 0 aromatic carbocycles.